The number of hydrogen-bond donors (Lipinski definition) is 1. The Hall–Kier alpha value is -0.800. The summed E-state index contributed by atoms with van der Waals surface area (Å²) in [5.41, 5.74) is 1.11. The zero-order valence-corrected chi connectivity index (χ0v) is 13.1. The molecule has 0 spiro atoms. The lowest BCUT2D eigenvalue weighted by Crippen LogP contribution is -2.17. The topological polar surface area (TPSA) is 34.2 Å². The monoisotopic (exact) mass is 296 g/mol. The highest BCUT2D eigenvalue weighted by Gasteiger charge is 2.16. The first kappa shape index (κ1) is 15.6. The highest BCUT2D eigenvalue weighted by atomic mass is 35.5. The summed E-state index contributed by atoms with van der Waals surface area (Å²) >= 11 is 6.29. The number of aromatic nitrogens is 1. The number of ether oxygens (including phenoxy) is 1. The van der Waals surface area contributed by atoms with E-state index < -0.39 is 0 Å². The summed E-state index contributed by atoms with van der Waals surface area (Å²) in [6, 6.07) is 1.96. The van der Waals surface area contributed by atoms with Crippen molar-refractivity contribution in [1.29, 1.82) is 0 Å². The summed E-state index contributed by atoms with van der Waals surface area (Å²) in [5, 5.41) is 3.98. The Morgan fingerprint density at radius 2 is 2.05 bits per heavy atom. The fourth-order valence-electron chi connectivity index (χ4n) is 2.58. The predicted octanol–water partition coefficient (Wildman–Crippen LogP) is 4.34. The van der Waals surface area contributed by atoms with Crippen LogP contribution in [0.25, 0.3) is 0 Å². The number of nitrogens with zero attached hydrogens (tertiary/aromatic N) is 1. The number of halogens is 1. The lowest BCUT2D eigenvalue weighted by Gasteiger charge is -2.17. The molecule has 0 bridgehead atoms. The first-order valence-electron chi connectivity index (χ1n) is 7.81. The third-order valence-electron chi connectivity index (χ3n) is 3.70. The number of pyridine rings is 1. The van der Waals surface area contributed by atoms with Gasteiger partial charge in [0.25, 0.3) is 0 Å². The van der Waals surface area contributed by atoms with Crippen molar-refractivity contribution in [2.75, 3.05) is 6.54 Å². The second-order valence-corrected chi connectivity index (χ2v) is 5.95. The van der Waals surface area contributed by atoms with Crippen LogP contribution in [0.1, 0.15) is 57.4 Å². The molecular weight excluding hydrogens is 272 g/mol. The molecular formula is C16H25ClN2O. The normalized spacial score (nSPS) is 16.9. The van der Waals surface area contributed by atoms with E-state index in [0.29, 0.717) is 10.9 Å². The lowest BCUT2D eigenvalue weighted by molar-refractivity contribution is 0.176. The first-order valence-corrected chi connectivity index (χ1v) is 8.19. The third-order valence-corrected chi connectivity index (χ3v) is 3.97. The molecule has 1 aliphatic rings. The molecule has 1 heterocycles. The maximum atomic E-state index is 6.29. The van der Waals surface area contributed by atoms with Gasteiger partial charge in [-0.1, -0.05) is 31.4 Å². The largest absolute Gasteiger partial charge is 0.473 e. The van der Waals surface area contributed by atoms with Crippen LogP contribution in [0.5, 0.6) is 5.88 Å². The molecule has 1 fully saturated rings. The van der Waals surface area contributed by atoms with Crippen molar-refractivity contribution in [2.45, 2.75) is 64.5 Å². The Labute approximate surface area is 127 Å². The molecule has 4 heteroatoms. The molecule has 1 saturated carbocycles. The summed E-state index contributed by atoms with van der Waals surface area (Å²) in [5.74, 6) is 0.595. The number of hydrogen-bond acceptors (Lipinski definition) is 3. The van der Waals surface area contributed by atoms with Gasteiger partial charge in [-0.2, -0.15) is 0 Å². The molecule has 112 valence electrons. The Kier molecular flexibility index (Phi) is 6.61. The van der Waals surface area contributed by atoms with Gasteiger partial charge in [0.1, 0.15) is 11.1 Å². The van der Waals surface area contributed by atoms with Crippen LogP contribution in [0.2, 0.25) is 5.02 Å². The molecule has 0 unspecified atom stereocenters. The average molecular weight is 297 g/mol. The SMILES string of the molecule is CCCNCc1cnc(OC2CCCCCC2)c(Cl)c1. The van der Waals surface area contributed by atoms with E-state index in [-0.39, 0.29) is 6.10 Å². The van der Waals surface area contributed by atoms with E-state index in [0.717, 1.165) is 37.9 Å². The van der Waals surface area contributed by atoms with Crippen LogP contribution in [0.3, 0.4) is 0 Å². The van der Waals surface area contributed by atoms with Crippen LogP contribution >= 0.6 is 11.6 Å². The van der Waals surface area contributed by atoms with E-state index in [1.807, 2.05) is 12.3 Å². The van der Waals surface area contributed by atoms with Crippen molar-refractivity contribution in [1.82, 2.24) is 10.3 Å². The minimum atomic E-state index is 0.284. The Bertz CT molecular complexity index is 403. The average Bonchev–Trinajstić information content (AvgIpc) is 2.71. The molecule has 20 heavy (non-hydrogen) atoms. The molecule has 1 aliphatic carbocycles. The van der Waals surface area contributed by atoms with Crippen molar-refractivity contribution >= 4 is 11.6 Å². The molecule has 3 nitrogen and oxygen atoms in total. The smallest absolute Gasteiger partial charge is 0.232 e. The Morgan fingerprint density at radius 1 is 1.30 bits per heavy atom. The quantitative estimate of drug-likeness (QED) is 0.626. The molecule has 0 amide bonds. The fourth-order valence-corrected chi connectivity index (χ4v) is 2.81. The standard InChI is InChI=1S/C16H25ClN2O/c1-2-9-18-11-13-10-15(17)16(19-12-13)20-14-7-5-3-4-6-8-14/h10,12,14,18H,2-9,11H2,1H3. The van der Waals surface area contributed by atoms with Gasteiger partial charge in [-0.3, -0.25) is 0 Å². The van der Waals surface area contributed by atoms with Gasteiger partial charge < -0.3 is 10.1 Å². The second-order valence-electron chi connectivity index (χ2n) is 5.54. The van der Waals surface area contributed by atoms with Gasteiger partial charge in [0.15, 0.2) is 0 Å². The highest BCUT2D eigenvalue weighted by molar-refractivity contribution is 6.31. The summed E-state index contributed by atoms with van der Waals surface area (Å²) in [6.07, 6.45) is 10.7. The van der Waals surface area contributed by atoms with E-state index in [4.69, 9.17) is 16.3 Å². The van der Waals surface area contributed by atoms with Gasteiger partial charge in [0, 0.05) is 12.7 Å². The Morgan fingerprint density at radius 3 is 2.70 bits per heavy atom. The molecule has 0 atom stereocenters. The lowest BCUT2D eigenvalue weighted by atomic mass is 10.1. The summed E-state index contributed by atoms with van der Waals surface area (Å²) in [6.45, 7) is 3.98. The van der Waals surface area contributed by atoms with Gasteiger partial charge in [-0.05, 0) is 50.3 Å². The molecule has 0 aromatic carbocycles. The molecule has 0 saturated heterocycles. The summed E-state index contributed by atoms with van der Waals surface area (Å²) < 4.78 is 5.98. The zero-order chi connectivity index (χ0) is 14.2. The second kappa shape index (κ2) is 8.48. The molecule has 2 rings (SSSR count). The van der Waals surface area contributed by atoms with Crippen LogP contribution in [-0.4, -0.2) is 17.6 Å². The Balaban J connectivity index is 1.91. The predicted molar refractivity (Wildman–Crippen MR) is 83.4 cm³/mol. The van der Waals surface area contributed by atoms with Crippen LogP contribution in [0.4, 0.5) is 0 Å². The number of nitrogens with one attached hydrogen (secondary N) is 1. The fraction of sp³-hybridized carbons (Fsp3) is 0.688. The van der Waals surface area contributed by atoms with Gasteiger partial charge >= 0.3 is 0 Å². The van der Waals surface area contributed by atoms with Crippen molar-refractivity contribution in [3.05, 3.63) is 22.8 Å². The molecule has 1 aromatic heterocycles. The van der Waals surface area contributed by atoms with Crippen molar-refractivity contribution in [2.24, 2.45) is 0 Å². The van der Waals surface area contributed by atoms with Crippen molar-refractivity contribution in [3.8, 4) is 5.88 Å². The summed E-state index contributed by atoms with van der Waals surface area (Å²) in [7, 11) is 0. The molecule has 0 radical (unpaired) electrons. The van der Waals surface area contributed by atoms with Crippen molar-refractivity contribution in [3.63, 3.8) is 0 Å². The minimum absolute atomic E-state index is 0.284. The van der Waals surface area contributed by atoms with Gasteiger partial charge in [-0.15, -0.1) is 0 Å². The molecule has 1 aromatic rings. The van der Waals surface area contributed by atoms with Crippen LogP contribution < -0.4 is 10.1 Å². The van der Waals surface area contributed by atoms with E-state index in [9.17, 15) is 0 Å². The maximum absolute atomic E-state index is 6.29. The van der Waals surface area contributed by atoms with Crippen molar-refractivity contribution < 1.29 is 4.74 Å². The van der Waals surface area contributed by atoms with E-state index in [1.165, 1.54) is 25.7 Å². The van der Waals surface area contributed by atoms with Crippen LogP contribution in [0, 0.1) is 0 Å². The van der Waals surface area contributed by atoms with Gasteiger partial charge in [0.2, 0.25) is 5.88 Å². The third kappa shape index (κ3) is 4.95. The number of rotatable bonds is 6. The maximum Gasteiger partial charge on any atom is 0.232 e. The summed E-state index contributed by atoms with van der Waals surface area (Å²) in [4.78, 5) is 4.39. The van der Waals surface area contributed by atoms with Gasteiger partial charge in [-0.25, -0.2) is 4.98 Å². The highest BCUT2D eigenvalue weighted by Crippen LogP contribution is 2.27. The molecule has 1 N–H and O–H groups in total. The van der Waals surface area contributed by atoms with Crippen LogP contribution in [-0.2, 0) is 6.54 Å². The van der Waals surface area contributed by atoms with E-state index in [1.54, 1.807) is 0 Å². The van der Waals surface area contributed by atoms with Gasteiger partial charge in [0.05, 0.1) is 0 Å². The van der Waals surface area contributed by atoms with Crippen LogP contribution in [0.15, 0.2) is 12.3 Å². The van der Waals surface area contributed by atoms with E-state index in [2.05, 4.69) is 17.2 Å². The van der Waals surface area contributed by atoms with E-state index >= 15 is 0 Å². The molecule has 0 aliphatic heterocycles. The first-order chi connectivity index (χ1) is 9.79. The zero-order valence-electron chi connectivity index (χ0n) is 12.3. The minimum Gasteiger partial charge on any atom is -0.473 e.